The van der Waals surface area contributed by atoms with Crippen LogP contribution in [-0.2, 0) is 4.79 Å². The van der Waals surface area contributed by atoms with Gasteiger partial charge in [-0.1, -0.05) is 76.7 Å². The predicted molar refractivity (Wildman–Crippen MR) is 148 cm³/mol. The van der Waals surface area contributed by atoms with Gasteiger partial charge >= 0.3 is 5.97 Å². The number of hydrogen-bond acceptors (Lipinski definition) is 5. The first-order valence-corrected chi connectivity index (χ1v) is 12.4. The Balaban J connectivity index is 1.55. The van der Waals surface area contributed by atoms with Crippen molar-refractivity contribution in [1.29, 1.82) is 0 Å². The van der Waals surface area contributed by atoms with E-state index in [-0.39, 0.29) is 21.4 Å². The Morgan fingerprint density at radius 1 is 0.865 bits per heavy atom. The van der Waals surface area contributed by atoms with Crippen LogP contribution in [0.5, 0.6) is 11.5 Å². The largest absolute Gasteiger partial charge is 0.479 e. The fourth-order valence-corrected chi connectivity index (χ4v) is 4.31. The molecule has 0 spiro atoms. The van der Waals surface area contributed by atoms with Crippen molar-refractivity contribution in [2.75, 3.05) is 0 Å². The lowest BCUT2D eigenvalue weighted by molar-refractivity contribution is -0.127. The van der Waals surface area contributed by atoms with Gasteiger partial charge in [0, 0.05) is 15.6 Å². The van der Waals surface area contributed by atoms with Crippen LogP contribution < -0.4 is 14.9 Å². The Morgan fingerprint density at radius 3 is 2.27 bits per heavy atom. The van der Waals surface area contributed by atoms with Crippen LogP contribution in [0.1, 0.15) is 22.8 Å². The summed E-state index contributed by atoms with van der Waals surface area (Å²) in [5.74, 6) is -0.654. The van der Waals surface area contributed by atoms with Gasteiger partial charge in [0.2, 0.25) is 0 Å². The molecule has 4 rings (SSSR count). The molecule has 1 amide bonds. The van der Waals surface area contributed by atoms with Gasteiger partial charge in [-0.3, -0.25) is 4.79 Å². The Bertz CT molecular complexity index is 1520. The second-order valence-electron chi connectivity index (χ2n) is 7.78. The molecular formula is C27H18Cl4N2O4. The Labute approximate surface area is 232 Å². The van der Waals surface area contributed by atoms with Crippen molar-refractivity contribution in [2.45, 2.75) is 13.0 Å². The van der Waals surface area contributed by atoms with Gasteiger partial charge in [0.25, 0.3) is 5.91 Å². The zero-order valence-corrected chi connectivity index (χ0v) is 22.2. The van der Waals surface area contributed by atoms with Crippen molar-refractivity contribution in [3.63, 3.8) is 0 Å². The molecule has 37 heavy (non-hydrogen) atoms. The summed E-state index contributed by atoms with van der Waals surface area (Å²) in [6.07, 6.45) is 0.488. The fourth-order valence-electron chi connectivity index (χ4n) is 3.37. The first-order chi connectivity index (χ1) is 17.7. The molecule has 0 aromatic heterocycles. The molecule has 0 heterocycles. The molecule has 1 N–H and O–H groups in total. The van der Waals surface area contributed by atoms with E-state index < -0.39 is 18.0 Å². The fraction of sp³-hybridized carbons (Fsp3) is 0.0741. The molecule has 0 aliphatic heterocycles. The Morgan fingerprint density at radius 2 is 1.54 bits per heavy atom. The molecule has 4 aromatic rings. The molecule has 4 aromatic carbocycles. The summed E-state index contributed by atoms with van der Waals surface area (Å²) in [5, 5.41) is 6.99. The van der Waals surface area contributed by atoms with Crippen LogP contribution in [0.2, 0.25) is 20.1 Å². The number of nitrogens with zero attached hydrogens (tertiary/aromatic N) is 1. The van der Waals surface area contributed by atoms with Crippen LogP contribution in [-0.4, -0.2) is 24.2 Å². The molecule has 6 nitrogen and oxygen atoms in total. The quantitative estimate of drug-likeness (QED) is 0.107. The predicted octanol–water partition coefficient (Wildman–Crippen LogP) is 7.59. The second kappa shape index (κ2) is 11.8. The van der Waals surface area contributed by atoms with Gasteiger partial charge in [0.15, 0.2) is 6.10 Å². The minimum Gasteiger partial charge on any atom is -0.479 e. The molecule has 0 bridgehead atoms. The van der Waals surface area contributed by atoms with E-state index >= 15 is 0 Å². The lowest BCUT2D eigenvalue weighted by Gasteiger charge is -2.14. The maximum atomic E-state index is 12.8. The topological polar surface area (TPSA) is 77.0 Å². The first-order valence-electron chi connectivity index (χ1n) is 10.9. The van der Waals surface area contributed by atoms with Crippen molar-refractivity contribution in [2.24, 2.45) is 5.10 Å². The molecule has 0 radical (unpaired) electrons. The third kappa shape index (κ3) is 6.53. The summed E-state index contributed by atoms with van der Waals surface area (Å²) < 4.78 is 11.3. The molecule has 10 heteroatoms. The third-order valence-electron chi connectivity index (χ3n) is 5.22. The summed E-state index contributed by atoms with van der Waals surface area (Å²) >= 11 is 24.1. The van der Waals surface area contributed by atoms with Gasteiger partial charge in [-0.15, -0.1) is 0 Å². The smallest absolute Gasteiger partial charge is 0.345 e. The minimum atomic E-state index is -0.910. The summed E-state index contributed by atoms with van der Waals surface area (Å²) in [6, 6.07) is 20.1. The summed E-state index contributed by atoms with van der Waals surface area (Å²) in [7, 11) is 0. The summed E-state index contributed by atoms with van der Waals surface area (Å²) in [4.78, 5) is 25.4. The number of ether oxygens (including phenoxy) is 2. The summed E-state index contributed by atoms with van der Waals surface area (Å²) in [5.41, 5.74) is 3.07. The van der Waals surface area contributed by atoms with E-state index in [0.29, 0.717) is 21.4 Å². The lowest BCUT2D eigenvalue weighted by atomic mass is 10.0. The van der Waals surface area contributed by atoms with Crippen molar-refractivity contribution in [3.05, 3.63) is 104 Å². The van der Waals surface area contributed by atoms with Gasteiger partial charge in [-0.2, -0.15) is 5.10 Å². The van der Waals surface area contributed by atoms with Crippen molar-refractivity contribution in [3.8, 4) is 11.5 Å². The van der Waals surface area contributed by atoms with E-state index in [0.717, 1.165) is 10.8 Å². The van der Waals surface area contributed by atoms with E-state index in [1.54, 1.807) is 31.2 Å². The van der Waals surface area contributed by atoms with Gasteiger partial charge in [-0.05, 0) is 60.2 Å². The van der Waals surface area contributed by atoms with E-state index in [2.05, 4.69) is 10.5 Å². The molecule has 188 valence electrons. The van der Waals surface area contributed by atoms with Crippen LogP contribution in [0.15, 0.2) is 77.9 Å². The van der Waals surface area contributed by atoms with Crippen molar-refractivity contribution < 1.29 is 19.1 Å². The molecule has 0 saturated carbocycles. The number of esters is 1. The molecule has 0 saturated heterocycles. The van der Waals surface area contributed by atoms with Crippen LogP contribution in [0.25, 0.3) is 10.8 Å². The number of nitrogens with one attached hydrogen (secondary N) is 1. The number of carbonyl (C=O) groups excluding carboxylic acids is 2. The van der Waals surface area contributed by atoms with Crippen molar-refractivity contribution in [1.82, 2.24) is 5.43 Å². The highest BCUT2D eigenvalue weighted by Crippen LogP contribution is 2.30. The van der Waals surface area contributed by atoms with Crippen LogP contribution in [0.3, 0.4) is 0 Å². The molecule has 0 aliphatic carbocycles. The number of rotatable bonds is 7. The van der Waals surface area contributed by atoms with E-state index in [9.17, 15) is 9.59 Å². The van der Waals surface area contributed by atoms with Crippen LogP contribution in [0.4, 0.5) is 0 Å². The average molecular weight is 576 g/mol. The highest BCUT2D eigenvalue weighted by Gasteiger charge is 2.18. The van der Waals surface area contributed by atoms with Gasteiger partial charge in [0.1, 0.15) is 11.5 Å². The van der Waals surface area contributed by atoms with Crippen LogP contribution >= 0.6 is 46.4 Å². The zero-order valence-electron chi connectivity index (χ0n) is 19.2. The minimum absolute atomic E-state index is 0.155. The SMILES string of the molecule is CC(Oc1ccc(Cl)cc1Cl)C(=O)N/N=C/c1c(OC(=O)c2ccc(Cl)cc2Cl)ccc2ccccc12. The number of halogens is 4. The average Bonchev–Trinajstić information content (AvgIpc) is 2.86. The van der Waals surface area contributed by atoms with Gasteiger partial charge < -0.3 is 9.47 Å². The number of amides is 1. The molecular weight excluding hydrogens is 558 g/mol. The lowest BCUT2D eigenvalue weighted by Crippen LogP contribution is -2.33. The standard InChI is InChI=1S/C27H18Cl4N2O4/c1-15(36-25-11-8-18(29)13-23(25)31)26(34)33-32-14-21-19-5-3-2-4-16(19)6-10-24(21)37-27(35)20-9-7-17(28)12-22(20)30/h2-15H,1H3,(H,33,34)/b32-14+. The van der Waals surface area contributed by atoms with Gasteiger partial charge in [0.05, 0.1) is 21.8 Å². The molecule has 1 atom stereocenters. The first kappa shape index (κ1) is 26.8. The van der Waals surface area contributed by atoms with Crippen LogP contribution in [0, 0.1) is 0 Å². The van der Waals surface area contributed by atoms with Gasteiger partial charge in [-0.25, -0.2) is 10.2 Å². The summed E-state index contributed by atoms with van der Waals surface area (Å²) in [6.45, 7) is 1.55. The number of fused-ring (bicyclic) bond motifs is 1. The molecule has 0 aliphatic rings. The zero-order chi connectivity index (χ0) is 26.5. The number of hydrogen-bond donors (Lipinski definition) is 1. The van der Waals surface area contributed by atoms with E-state index in [4.69, 9.17) is 55.9 Å². The molecule has 0 fully saturated rings. The Kier molecular flexibility index (Phi) is 8.56. The maximum absolute atomic E-state index is 12.8. The monoisotopic (exact) mass is 574 g/mol. The van der Waals surface area contributed by atoms with E-state index in [1.807, 2.05) is 30.3 Å². The van der Waals surface area contributed by atoms with Crippen molar-refractivity contribution >= 4 is 75.3 Å². The normalized spacial score (nSPS) is 11.9. The highest BCUT2D eigenvalue weighted by molar-refractivity contribution is 6.36. The van der Waals surface area contributed by atoms with E-state index in [1.165, 1.54) is 24.4 Å². The number of hydrazone groups is 1. The number of benzene rings is 4. The third-order valence-corrected chi connectivity index (χ3v) is 6.30. The number of carbonyl (C=O) groups is 2. The Hall–Kier alpha value is -3.29. The highest BCUT2D eigenvalue weighted by atomic mass is 35.5. The maximum Gasteiger partial charge on any atom is 0.345 e. The second-order valence-corrected chi connectivity index (χ2v) is 9.47. The molecule has 1 unspecified atom stereocenters.